The summed E-state index contributed by atoms with van der Waals surface area (Å²) in [6.07, 6.45) is 3.53. The summed E-state index contributed by atoms with van der Waals surface area (Å²) in [6, 6.07) is 13.0. The molecule has 0 atom stereocenters. The smallest absolute Gasteiger partial charge is 0.323 e. The Balaban J connectivity index is 1.54. The van der Waals surface area contributed by atoms with E-state index >= 15 is 0 Å². The van der Waals surface area contributed by atoms with Crippen LogP contribution >= 0.6 is 0 Å². The van der Waals surface area contributed by atoms with Gasteiger partial charge in [-0.2, -0.15) is 0 Å². The van der Waals surface area contributed by atoms with Gasteiger partial charge in [0.1, 0.15) is 5.82 Å². The van der Waals surface area contributed by atoms with Crippen molar-refractivity contribution in [1.29, 1.82) is 0 Å². The first kappa shape index (κ1) is 23.8. The van der Waals surface area contributed by atoms with Gasteiger partial charge in [0.05, 0.1) is 22.7 Å². The number of rotatable bonds is 6. The number of aliphatic imine (C=N–C) groups is 1. The van der Waals surface area contributed by atoms with E-state index in [0.717, 1.165) is 34.7 Å². The summed E-state index contributed by atoms with van der Waals surface area (Å²) < 4.78 is 43.3. The van der Waals surface area contributed by atoms with Gasteiger partial charge in [-0.05, 0) is 55.0 Å². The number of amides is 2. The summed E-state index contributed by atoms with van der Waals surface area (Å²) in [4.78, 5) is 20.9. The first-order valence-electron chi connectivity index (χ1n) is 10.7. The van der Waals surface area contributed by atoms with Crippen molar-refractivity contribution in [2.24, 2.45) is 10.7 Å². The maximum absolute atomic E-state index is 14.1. The van der Waals surface area contributed by atoms with Crippen LogP contribution in [0.5, 0.6) is 0 Å². The Kier molecular flexibility index (Phi) is 6.46. The first-order chi connectivity index (χ1) is 16.6. The number of aromatic nitrogens is 2. The summed E-state index contributed by atoms with van der Waals surface area (Å²) in [6.45, 7) is 2.91. The maximum Gasteiger partial charge on any atom is 0.323 e. The average Bonchev–Trinajstić information content (AvgIpc) is 3.18. The first-order valence-corrected chi connectivity index (χ1v) is 10.7. The van der Waals surface area contributed by atoms with Crippen LogP contribution in [0.2, 0.25) is 0 Å². The average molecular weight is 480 g/mol. The minimum Gasteiger partial charge on any atom is -0.387 e. The van der Waals surface area contributed by atoms with Gasteiger partial charge >= 0.3 is 6.03 Å². The van der Waals surface area contributed by atoms with Gasteiger partial charge in [0.15, 0.2) is 5.82 Å². The maximum atomic E-state index is 14.1. The molecule has 4 aromatic rings. The van der Waals surface area contributed by atoms with Crippen LogP contribution in [0.1, 0.15) is 25.0 Å². The largest absolute Gasteiger partial charge is 0.387 e. The van der Waals surface area contributed by atoms with Gasteiger partial charge in [0.25, 0.3) is 5.92 Å². The fourth-order valence-corrected chi connectivity index (χ4v) is 3.64. The number of amidine groups is 1. The van der Waals surface area contributed by atoms with Crippen LogP contribution in [-0.4, -0.2) is 21.4 Å². The summed E-state index contributed by atoms with van der Waals surface area (Å²) in [7, 11) is 0. The SMILES string of the molecule is CC(N)=Nc1cc(Cn2ccc3c(NC(=O)Nc4cc(C(C)(F)F)ccc4F)cccc32)ccn1. The molecule has 180 valence electrons. The summed E-state index contributed by atoms with van der Waals surface area (Å²) in [5.74, 6) is -3.07. The number of hydrogen-bond acceptors (Lipinski definition) is 3. The molecule has 2 amide bonds. The number of nitrogens with zero attached hydrogens (tertiary/aromatic N) is 3. The Morgan fingerprint density at radius 1 is 1.11 bits per heavy atom. The fraction of sp³-hybridized carbons (Fsp3) is 0.160. The van der Waals surface area contributed by atoms with Gasteiger partial charge in [-0.3, -0.25) is 0 Å². The van der Waals surface area contributed by atoms with Crippen molar-refractivity contribution in [3.05, 3.63) is 83.9 Å². The second-order valence-corrected chi connectivity index (χ2v) is 8.12. The monoisotopic (exact) mass is 480 g/mol. The molecule has 0 aliphatic carbocycles. The van der Waals surface area contributed by atoms with Gasteiger partial charge in [-0.1, -0.05) is 12.1 Å². The molecule has 4 N–H and O–H groups in total. The van der Waals surface area contributed by atoms with E-state index in [1.807, 2.05) is 35.0 Å². The van der Waals surface area contributed by atoms with Crippen molar-refractivity contribution < 1.29 is 18.0 Å². The molecule has 7 nitrogen and oxygen atoms in total. The van der Waals surface area contributed by atoms with Gasteiger partial charge in [0, 0.05) is 36.8 Å². The second-order valence-electron chi connectivity index (χ2n) is 8.12. The van der Waals surface area contributed by atoms with E-state index in [1.165, 1.54) is 0 Å². The van der Waals surface area contributed by atoms with Crippen LogP contribution in [0.25, 0.3) is 10.9 Å². The third kappa shape index (κ3) is 5.60. The van der Waals surface area contributed by atoms with Crippen molar-refractivity contribution in [3.63, 3.8) is 0 Å². The van der Waals surface area contributed by atoms with Crippen LogP contribution in [0.4, 0.5) is 35.2 Å². The highest BCUT2D eigenvalue weighted by Crippen LogP contribution is 2.30. The quantitative estimate of drug-likeness (QED) is 0.234. The number of hydrogen-bond donors (Lipinski definition) is 3. The zero-order chi connectivity index (χ0) is 25.2. The van der Waals surface area contributed by atoms with E-state index in [1.54, 1.807) is 25.3 Å². The summed E-state index contributed by atoms with van der Waals surface area (Å²) >= 11 is 0. The molecule has 0 saturated heterocycles. The topological polar surface area (TPSA) is 97.3 Å². The Morgan fingerprint density at radius 2 is 1.89 bits per heavy atom. The van der Waals surface area contributed by atoms with Crippen LogP contribution in [0.15, 0.2) is 72.0 Å². The molecule has 2 heterocycles. The van der Waals surface area contributed by atoms with Crippen LogP contribution in [-0.2, 0) is 12.5 Å². The van der Waals surface area contributed by atoms with Gasteiger partial charge in [-0.25, -0.2) is 27.9 Å². The second kappa shape index (κ2) is 9.49. The Labute approximate surface area is 199 Å². The highest BCUT2D eigenvalue weighted by atomic mass is 19.3. The standard InChI is InChI=1S/C25H23F3N6O/c1-15(29)31-23-12-16(8-10-30-23)14-34-11-9-18-20(4-3-5-22(18)34)32-24(35)33-21-13-17(25(2,27)28)6-7-19(21)26/h3-13H,14H2,1-2H3,(H2,29,30,31)(H2,32,33,35). The molecule has 4 rings (SSSR count). The van der Waals surface area contributed by atoms with Gasteiger partial charge in [0.2, 0.25) is 0 Å². The van der Waals surface area contributed by atoms with Crippen molar-refractivity contribution in [1.82, 2.24) is 9.55 Å². The number of carbonyl (C=O) groups is 1. The van der Waals surface area contributed by atoms with Crippen LogP contribution < -0.4 is 16.4 Å². The van der Waals surface area contributed by atoms with Crippen LogP contribution in [0, 0.1) is 5.82 Å². The molecule has 0 fully saturated rings. The normalized spacial score (nSPS) is 12.1. The van der Waals surface area contributed by atoms with Crippen molar-refractivity contribution in [2.75, 3.05) is 10.6 Å². The third-order valence-corrected chi connectivity index (χ3v) is 5.24. The molecule has 0 saturated carbocycles. The summed E-state index contributed by atoms with van der Waals surface area (Å²) in [5.41, 5.74) is 7.18. The minimum atomic E-state index is -3.17. The third-order valence-electron chi connectivity index (χ3n) is 5.24. The lowest BCUT2D eigenvalue weighted by molar-refractivity contribution is 0.0174. The lowest BCUT2D eigenvalue weighted by Crippen LogP contribution is -2.21. The van der Waals surface area contributed by atoms with Crippen molar-refractivity contribution in [2.45, 2.75) is 26.3 Å². The highest BCUT2D eigenvalue weighted by Gasteiger charge is 2.25. The molecule has 0 unspecified atom stereocenters. The zero-order valence-electron chi connectivity index (χ0n) is 19.0. The lowest BCUT2D eigenvalue weighted by Gasteiger charge is -2.14. The number of alkyl halides is 2. The predicted molar refractivity (Wildman–Crippen MR) is 131 cm³/mol. The number of fused-ring (bicyclic) bond motifs is 1. The van der Waals surface area contributed by atoms with Crippen molar-refractivity contribution >= 4 is 40.0 Å². The van der Waals surface area contributed by atoms with E-state index in [2.05, 4.69) is 20.6 Å². The molecule has 0 aliphatic rings. The molecule has 0 radical (unpaired) electrons. The van der Waals surface area contributed by atoms with E-state index in [0.29, 0.717) is 30.8 Å². The summed E-state index contributed by atoms with van der Waals surface area (Å²) in [5, 5.41) is 5.73. The minimum absolute atomic E-state index is 0.338. The molecule has 0 spiro atoms. The van der Waals surface area contributed by atoms with E-state index < -0.39 is 23.3 Å². The van der Waals surface area contributed by atoms with Gasteiger partial charge < -0.3 is 20.9 Å². The van der Waals surface area contributed by atoms with Crippen LogP contribution in [0.3, 0.4) is 0 Å². The zero-order valence-corrected chi connectivity index (χ0v) is 19.0. The lowest BCUT2D eigenvalue weighted by atomic mass is 10.1. The molecule has 10 heteroatoms. The number of nitrogens with one attached hydrogen (secondary N) is 2. The van der Waals surface area contributed by atoms with Crippen molar-refractivity contribution in [3.8, 4) is 0 Å². The molecule has 2 aromatic heterocycles. The van der Waals surface area contributed by atoms with Gasteiger partial charge in [-0.15, -0.1) is 0 Å². The number of anilines is 2. The number of benzene rings is 2. The molecule has 0 aliphatic heterocycles. The van der Waals surface area contributed by atoms with E-state index in [9.17, 15) is 18.0 Å². The number of pyridine rings is 1. The Hall–Kier alpha value is -4.34. The number of nitrogens with two attached hydrogens (primary N) is 1. The molecular formula is C25H23F3N6O. The molecule has 35 heavy (non-hydrogen) atoms. The molecular weight excluding hydrogens is 457 g/mol. The molecule has 2 aromatic carbocycles. The van der Waals surface area contributed by atoms with E-state index in [4.69, 9.17) is 5.73 Å². The number of carbonyl (C=O) groups excluding carboxylic acids is 1. The number of halogens is 3. The Bertz CT molecular complexity index is 1420. The highest BCUT2D eigenvalue weighted by molar-refractivity contribution is 6.05. The molecule has 0 bridgehead atoms. The fourth-order valence-electron chi connectivity index (χ4n) is 3.64. The number of urea groups is 1. The Morgan fingerprint density at radius 3 is 2.63 bits per heavy atom. The predicted octanol–water partition coefficient (Wildman–Crippen LogP) is 5.99. The van der Waals surface area contributed by atoms with E-state index in [-0.39, 0.29) is 5.69 Å².